The molecule has 0 bridgehead atoms. The Hall–Kier alpha value is -1.85. The Morgan fingerprint density at radius 2 is 2.11 bits per heavy atom. The van der Waals surface area contributed by atoms with Crippen LogP contribution in [0.2, 0.25) is 0 Å². The summed E-state index contributed by atoms with van der Waals surface area (Å²) in [5.74, 6) is 0.247. The number of anilines is 1. The summed E-state index contributed by atoms with van der Waals surface area (Å²) in [6.07, 6.45) is 3.19. The molecule has 1 aromatic heterocycles. The van der Waals surface area contributed by atoms with Crippen LogP contribution in [0.4, 0.5) is 5.69 Å². The molecule has 1 aromatic carbocycles. The van der Waals surface area contributed by atoms with Gasteiger partial charge in [0.1, 0.15) is 5.75 Å². The Labute approximate surface area is 111 Å². The van der Waals surface area contributed by atoms with Crippen molar-refractivity contribution < 1.29 is 5.11 Å². The number of rotatable bonds is 1. The summed E-state index contributed by atoms with van der Waals surface area (Å²) in [6.45, 7) is 0.766. The monoisotopic (exact) mass is 258 g/mol. The fourth-order valence-electron chi connectivity index (χ4n) is 2.68. The van der Waals surface area contributed by atoms with Crippen LogP contribution in [-0.2, 0) is 0 Å². The van der Waals surface area contributed by atoms with Crippen molar-refractivity contribution in [1.29, 1.82) is 0 Å². The topological polar surface area (TPSA) is 88.4 Å². The summed E-state index contributed by atoms with van der Waals surface area (Å²) in [4.78, 5) is 6.25. The Morgan fingerprint density at radius 1 is 1.26 bits per heavy atom. The lowest BCUT2D eigenvalue weighted by Gasteiger charge is -2.38. The highest BCUT2D eigenvalue weighted by molar-refractivity contribution is 5.90. The van der Waals surface area contributed by atoms with Gasteiger partial charge in [-0.3, -0.25) is 4.98 Å². The smallest absolute Gasteiger partial charge is 0.148 e. The van der Waals surface area contributed by atoms with Gasteiger partial charge in [-0.2, -0.15) is 0 Å². The van der Waals surface area contributed by atoms with E-state index in [0.717, 1.165) is 36.0 Å². The molecule has 2 unspecified atom stereocenters. The lowest BCUT2D eigenvalue weighted by molar-refractivity contribution is 0.410. The number of nitrogens with zero attached hydrogens (tertiary/aromatic N) is 2. The molecule has 0 radical (unpaired) electrons. The van der Waals surface area contributed by atoms with Crippen molar-refractivity contribution in [1.82, 2.24) is 4.98 Å². The molecule has 3 rings (SSSR count). The lowest BCUT2D eigenvalue weighted by atomic mass is 10.0. The third-order valence-electron chi connectivity index (χ3n) is 3.73. The van der Waals surface area contributed by atoms with E-state index in [1.54, 1.807) is 6.20 Å². The molecule has 2 atom stereocenters. The average molecular weight is 258 g/mol. The molecule has 1 saturated heterocycles. The number of aromatic nitrogens is 1. The number of benzene rings is 1. The molecule has 5 N–H and O–H groups in total. The summed E-state index contributed by atoms with van der Waals surface area (Å²) >= 11 is 0. The van der Waals surface area contributed by atoms with Gasteiger partial charge in [0.25, 0.3) is 0 Å². The molecule has 5 heteroatoms. The van der Waals surface area contributed by atoms with Crippen LogP contribution in [0.15, 0.2) is 30.5 Å². The van der Waals surface area contributed by atoms with E-state index in [9.17, 15) is 5.11 Å². The van der Waals surface area contributed by atoms with Crippen molar-refractivity contribution >= 4 is 16.6 Å². The first-order valence-electron chi connectivity index (χ1n) is 6.51. The highest BCUT2D eigenvalue weighted by Crippen LogP contribution is 2.36. The van der Waals surface area contributed by atoms with Crippen molar-refractivity contribution in [2.24, 2.45) is 11.5 Å². The number of phenolic OH excluding ortho intramolecular Hbond substituents is 1. The van der Waals surface area contributed by atoms with Gasteiger partial charge in [-0.05, 0) is 37.1 Å². The van der Waals surface area contributed by atoms with Crippen molar-refractivity contribution in [2.75, 3.05) is 11.4 Å². The second-order valence-electron chi connectivity index (χ2n) is 5.05. The predicted molar refractivity (Wildman–Crippen MR) is 75.9 cm³/mol. The van der Waals surface area contributed by atoms with E-state index in [1.165, 1.54) is 0 Å². The lowest BCUT2D eigenvalue weighted by Crippen LogP contribution is -2.51. The second-order valence-corrected chi connectivity index (χ2v) is 5.05. The van der Waals surface area contributed by atoms with Crippen LogP contribution in [0.5, 0.6) is 5.75 Å². The van der Waals surface area contributed by atoms with Crippen LogP contribution in [0.25, 0.3) is 10.9 Å². The van der Waals surface area contributed by atoms with Gasteiger partial charge >= 0.3 is 0 Å². The van der Waals surface area contributed by atoms with Gasteiger partial charge in [0.05, 0.1) is 17.4 Å². The minimum absolute atomic E-state index is 0.149. The highest BCUT2D eigenvalue weighted by atomic mass is 16.3. The second kappa shape index (κ2) is 4.68. The van der Waals surface area contributed by atoms with Crippen LogP contribution in [0.3, 0.4) is 0 Å². The normalized spacial score (nSPS) is 23.8. The number of fused-ring (bicyclic) bond motifs is 1. The maximum absolute atomic E-state index is 10.4. The van der Waals surface area contributed by atoms with Gasteiger partial charge in [0, 0.05) is 24.2 Å². The van der Waals surface area contributed by atoms with Crippen LogP contribution in [-0.4, -0.2) is 28.8 Å². The first-order valence-corrected chi connectivity index (χ1v) is 6.51. The molecule has 1 aliphatic rings. The zero-order chi connectivity index (χ0) is 13.4. The van der Waals surface area contributed by atoms with E-state index in [4.69, 9.17) is 11.5 Å². The van der Waals surface area contributed by atoms with E-state index in [2.05, 4.69) is 4.98 Å². The quantitative estimate of drug-likeness (QED) is 0.714. The zero-order valence-electron chi connectivity index (χ0n) is 10.7. The summed E-state index contributed by atoms with van der Waals surface area (Å²) in [7, 11) is 0. The number of hydrogen-bond donors (Lipinski definition) is 3. The number of nitrogens with two attached hydrogens (primary N) is 2. The third kappa shape index (κ3) is 2.11. The predicted octanol–water partition coefficient (Wildman–Crippen LogP) is 1.15. The summed E-state index contributed by atoms with van der Waals surface area (Å²) in [6, 6.07) is 7.61. The van der Waals surface area contributed by atoms with Crippen LogP contribution < -0.4 is 16.4 Å². The molecule has 0 saturated carbocycles. The van der Waals surface area contributed by atoms with Gasteiger partial charge in [0.15, 0.2) is 0 Å². The largest absolute Gasteiger partial charge is 0.505 e. The SMILES string of the molecule is NC1CCN(c2ccc3ncccc3c2O)C(N)C1. The number of pyridine rings is 1. The van der Waals surface area contributed by atoms with Gasteiger partial charge in [-0.1, -0.05) is 0 Å². The Kier molecular flexibility index (Phi) is 3.00. The van der Waals surface area contributed by atoms with E-state index in [0.29, 0.717) is 0 Å². The minimum Gasteiger partial charge on any atom is -0.505 e. The molecule has 0 spiro atoms. The number of phenols is 1. The van der Waals surface area contributed by atoms with E-state index >= 15 is 0 Å². The molecular weight excluding hydrogens is 240 g/mol. The maximum atomic E-state index is 10.4. The summed E-state index contributed by atoms with van der Waals surface area (Å²) < 4.78 is 0. The molecule has 100 valence electrons. The molecule has 2 heterocycles. The first kappa shape index (κ1) is 12.2. The van der Waals surface area contributed by atoms with Crippen molar-refractivity contribution in [3.63, 3.8) is 0 Å². The molecule has 2 aromatic rings. The van der Waals surface area contributed by atoms with Gasteiger partial charge in [-0.15, -0.1) is 0 Å². The summed E-state index contributed by atoms with van der Waals surface area (Å²) in [5, 5.41) is 11.2. The van der Waals surface area contributed by atoms with Crippen molar-refractivity contribution in [3.05, 3.63) is 30.5 Å². The summed E-state index contributed by atoms with van der Waals surface area (Å²) in [5.41, 5.74) is 13.6. The molecule has 0 amide bonds. The standard InChI is InChI=1S/C14H18N4O/c15-9-5-7-18(13(16)8-9)12-4-3-11-10(14(12)19)2-1-6-17-11/h1-4,6,9,13,19H,5,7-8,15-16H2. The molecule has 19 heavy (non-hydrogen) atoms. The fourth-order valence-corrected chi connectivity index (χ4v) is 2.68. The molecule has 1 fully saturated rings. The number of piperidine rings is 1. The first-order chi connectivity index (χ1) is 9.16. The highest BCUT2D eigenvalue weighted by Gasteiger charge is 2.26. The molecule has 5 nitrogen and oxygen atoms in total. The van der Waals surface area contributed by atoms with E-state index < -0.39 is 0 Å². The Bertz CT molecular complexity index is 601. The fraction of sp³-hybridized carbons (Fsp3) is 0.357. The Balaban J connectivity index is 2.03. The van der Waals surface area contributed by atoms with Crippen LogP contribution >= 0.6 is 0 Å². The van der Waals surface area contributed by atoms with Crippen LogP contribution in [0, 0.1) is 0 Å². The maximum Gasteiger partial charge on any atom is 0.148 e. The van der Waals surface area contributed by atoms with E-state index in [-0.39, 0.29) is 18.0 Å². The number of aromatic hydroxyl groups is 1. The Morgan fingerprint density at radius 3 is 2.89 bits per heavy atom. The van der Waals surface area contributed by atoms with Crippen molar-refractivity contribution in [2.45, 2.75) is 25.0 Å². The minimum atomic E-state index is -0.149. The van der Waals surface area contributed by atoms with Crippen LogP contribution in [0.1, 0.15) is 12.8 Å². The zero-order valence-corrected chi connectivity index (χ0v) is 10.7. The molecular formula is C14H18N4O. The van der Waals surface area contributed by atoms with Crippen molar-refractivity contribution in [3.8, 4) is 5.75 Å². The average Bonchev–Trinajstić information content (AvgIpc) is 2.41. The molecule has 1 aliphatic heterocycles. The van der Waals surface area contributed by atoms with Gasteiger partial charge in [-0.25, -0.2) is 0 Å². The van der Waals surface area contributed by atoms with Gasteiger partial charge < -0.3 is 21.5 Å². The molecule has 0 aliphatic carbocycles. The van der Waals surface area contributed by atoms with Gasteiger partial charge in [0.2, 0.25) is 0 Å². The third-order valence-corrected chi connectivity index (χ3v) is 3.73. The number of hydrogen-bond acceptors (Lipinski definition) is 5. The van der Waals surface area contributed by atoms with E-state index in [1.807, 2.05) is 29.2 Å².